The predicted octanol–water partition coefficient (Wildman–Crippen LogP) is 0.929. The first kappa shape index (κ1) is 8.94. The van der Waals surface area contributed by atoms with Crippen LogP contribution < -0.4 is 5.73 Å². The Morgan fingerprint density at radius 3 is 2.25 bits per heavy atom. The summed E-state index contributed by atoms with van der Waals surface area (Å²) in [5, 5.41) is 0. The van der Waals surface area contributed by atoms with Crippen LogP contribution in [0.3, 0.4) is 0 Å². The number of benzene rings is 1. The third-order valence-corrected chi connectivity index (χ3v) is 1.78. The molecule has 0 amide bonds. The Morgan fingerprint density at radius 2 is 1.75 bits per heavy atom. The van der Waals surface area contributed by atoms with Gasteiger partial charge >= 0.3 is 0 Å². The summed E-state index contributed by atoms with van der Waals surface area (Å²) < 4.78 is 0. The Labute approximate surface area is 72.4 Å². The van der Waals surface area contributed by atoms with Crippen LogP contribution in [0.2, 0.25) is 0 Å². The van der Waals surface area contributed by atoms with Gasteiger partial charge < -0.3 is 10.5 Å². The number of carbonyl (C=O) groups is 1. The number of hydrogen-bond donors (Lipinski definition) is 1. The summed E-state index contributed by atoms with van der Waals surface area (Å²) in [6, 6.07) is 7.98. The molecule has 2 heteroatoms. The molecule has 1 aromatic carbocycles. The number of carbonyl (C=O) groups excluding carboxylic acids is 1. The van der Waals surface area contributed by atoms with E-state index in [9.17, 15) is 4.79 Å². The molecular weight excluding hydrogens is 150 g/mol. The van der Waals surface area contributed by atoms with Gasteiger partial charge in [-0.05, 0) is 24.1 Å². The smallest absolute Gasteiger partial charge is 0.124 e. The molecular formula is C10H13NO. The van der Waals surface area contributed by atoms with Crippen LogP contribution in [0.4, 0.5) is 0 Å². The minimum absolute atomic E-state index is 0.503. The lowest BCUT2D eigenvalue weighted by Gasteiger charge is -1.99. The number of rotatable bonds is 4. The second-order valence-electron chi connectivity index (χ2n) is 2.73. The van der Waals surface area contributed by atoms with Crippen LogP contribution in [0.15, 0.2) is 24.3 Å². The average molecular weight is 163 g/mol. The zero-order valence-electron chi connectivity index (χ0n) is 6.99. The summed E-state index contributed by atoms with van der Waals surface area (Å²) >= 11 is 0. The quantitative estimate of drug-likeness (QED) is 0.671. The highest BCUT2D eigenvalue weighted by Gasteiger charge is 1.92. The molecule has 12 heavy (non-hydrogen) atoms. The van der Waals surface area contributed by atoms with E-state index in [-0.39, 0.29) is 0 Å². The van der Waals surface area contributed by atoms with Crippen molar-refractivity contribution >= 4 is 6.29 Å². The maximum absolute atomic E-state index is 10.2. The van der Waals surface area contributed by atoms with Crippen molar-refractivity contribution < 1.29 is 4.79 Å². The predicted molar refractivity (Wildman–Crippen MR) is 49.0 cm³/mol. The first-order chi connectivity index (χ1) is 5.86. The minimum atomic E-state index is 0.503. The van der Waals surface area contributed by atoms with Crippen molar-refractivity contribution in [3.8, 4) is 0 Å². The third kappa shape index (κ3) is 2.47. The Balaban J connectivity index is 2.64. The van der Waals surface area contributed by atoms with Crippen molar-refractivity contribution in [3.63, 3.8) is 0 Å². The molecule has 0 saturated heterocycles. The van der Waals surface area contributed by atoms with Gasteiger partial charge in [-0.25, -0.2) is 0 Å². The molecule has 2 nitrogen and oxygen atoms in total. The van der Waals surface area contributed by atoms with Crippen LogP contribution in [-0.4, -0.2) is 12.8 Å². The van der Waals surface area contributed by atoms with Gasteiger partial charge in [0, 0.05) is 6.42 Å². The summed E-state index contributed by atoms with van der Waals surface area (Å²) in [4.78, 5) is 10.2. The summed E-state index contributed by atoms with van der Waals surface area (Å²) in [7, 11) is 0. The molecule has 0 aromatic heterocycles. The van der Waals surface area contributed by atoms with E-state index in [1.807, 2.05) is 24.3 Å². The zero-order valence-corrected chi connectivity index (χ0v) is 6.99. The van der Waals surface area contributed by atoms with Gasteiger partial charge in [0.1, 0.15) is 6.29 Å². The molecule has 0 unspecified atom stereocenters. The molecule has 64 valence electrons. The van der Waals surface area contributed by atoms with Crippen molar-refractivity contribution in [1.82, 2.24) is 0 Å². The fourth-order valence-corrected chi connectivity index (χ4v) is 1.10. The Kier molecular flexibility index (Phi) is 3.48. The van der Waals surface area contributed by atoms with Crippen molar-refractivity contribution in [1.29, 1.82) is 0 Å². The second-order valence-corrected chi connectivity index (χ2v) is 2.73. The van der Waals surface area contributed by atoms with E-state index in [0.29, 0.717) is 13.0 Å². The largest absolute Gasteiger partial charge is 0.330 e. The van der Waals surface area contributed by atoms with E-state index < -0.39 is 0 Å². The van der Waals surface area contributed by atoms with Crippen LogP contribution in [-0.2, 0) is 17.6 Å². The molecule has 0 spiro atoms. The third-order valence-electron chi connectivity index (χ3n) is 1.78. The van der Waals surface area contributed by atoms with Crippen molar-refractivity contribution in [2.75, 3.05) is 6.54 Å². The summed E-state index contributed by atoms with van der Waals surface area (Å²) in [6.07, 6.45) is 2.32. The molecule has 0 atom stereocenters. The summed E-state index contributed by atoms with van der Waals surface area (Å²) in [6.45, 7) is 0.674. The molecule has 0 heterocycles. The van der Waals surface area contributed by atoms with Gasteiger partial charge in [-0.1, -0.05) is 24.3 Å². The molecule has 1 aromatic rings. The molecule has 1 rings (SSSR count). The molecule has 0 radical (unpaired) electrons. The lowest BCUT2D eigenvalue weighted by Crippen LogP contribution is -2.02. The lowest BCUT2D eigenvalue weighted by atomic mass is 10.1. The fraction of sp³-hybridized carbons (Fsp3) is 0.300. The average Bonchev–Trinajstić information content (AvgIpc) is 2.09. The van der Waals surface area contributed by atoms with Gasteiger partial charge in [-0.2, -0.15) is 0 Å². The summed E-state index contributed by atoms with van der Waals surface area (Å²) in [5.74, 6) is 0. The molecule has 0 bridgehead atoms. The van der Waals surface area contributed by atoms with Crippen LogP contribution in [0.5, 0.6) is 0 Å². The Bertz CT molecular complexity index is 241. The highest BCUT2D eigenvalue weighted by atomic mass is 16.1. The molecule has 0 saturated carbocycles. The molecule has 0 aliphatic carbocycles. The van der Waals surface area contributed by atoms with E-state index in [0.717, 1.165) is 18.3 Å². The van der Waals surface area contributed by atoms with Gasteiger partial charge in [0.05, 0.1) is 0 Å². The fourth-order valence-electron chi connectivity index (χ4n) is 1.10. The topological polar surface area (TPSA) is 43.1 Å². The highest BCUT2D eigenvalue weighted by Crippen LogP contribution is 2.04. The van der Waals surface area contributed by atoms with Gasteiger partial charge in [0.15, 0.2) is 0 Å². The SMILES string of the molecule is NCCc1ccc(CC=O)cc1. The first-order valence-electron chi connectivity index (χ1n) is 4.08. The number of aldehydes is 1. The van der Waals surface area contributed by atoms with E-state index >= 15 is 0 Å². The van der Waals surface area contributed by atoms with Crippen LogP contribution >= 0.6 is 0 Å². The second kappa shape index (κ2) is 4.67. The Morgan fingerprint density at radius 1 is 1.17 bits per heavy atom. The van der Waals surface area contributed by atoms with Crippen LogP contribution in [0.1, 0.15) is 11.1 Å². The van der Waals surface area contributed by atoms with Gasteiger partial charge in [-0.3, -0.25) is 0 Å². The van der Waals surface area contributed by atoms with Crippen LogP contribution in [0, 0.1) is 0 Å². The van der Waals surface area contributed by atoms with E-state index in [1.54, 1.807) is 0 Å². The minimum Gasteiger partial charge on any atom is -0.330 e. The zero-order chi connectivity index (χ0) is 8.81. The normalized spacial score (nSPS) is 9.75. The molecule has 0 aliphatic heterocycles. The maximum atomic E-state index is 10.2. The standard InChI is InChI=1S/C10H13NO/c11-7-5-9-1-3-10(4-2-9)6-8-12/h1-4,8H,5-7,11H2. The Hall–Kier alpha value is -1.15. The van der Waals surface area contributed by atoms with Gasteiger partial charge in [0.25, 0.3) is 0 Å². The first-order valence-corrected chi connectivity index (χ1v) is 4.08. The van der Waals surface area contributed by atoms with Gasteiger partial charge in [-0.15, -0.1) is 0 Å². The number of hydrogen-bond acceptors (Lipinski definition) is 2. The lowest BCUT2D eigenvalue weighted by molar-refractivity contribution is -0.107. The van der Waals surface area contributed by atoms with E-state index in [2.05, 4.69) is 0 Å². The monoisotopic (exact) mass is 163 g/mol. The molecule has 0 aliphatic rings. The van der Waals surface area contributed by atoms with E-state index in [1.165, 1.54) is 5.56 Å². The van der Waals surface area contributed by atoms with Crippen molar-refractivity contribution in [3.05, 3.63) is 35.4 Å². The highest BCUT2D eigenvalue weighted by molar-refractivity contribution is 5.54. The summed E-state index contributed by atoms with van der Waals surface area (Å²) in [5.41, 5.74) is 7.69. The van der Waals surface area contributed by atoms with E-state index in [4.69, 9.17) is 5.73 Å². The van der Waals surface area contributed by atoms with Crippen molar-refractivity contribution in [2.45, 2.75) is 12.8 Å². The maximum Gasteiger partial charge on any atom is 0.124 e. The van der Waals surface area contributed by atoms with Crippen LogP contribution in [0.25, 0.3) is 0 Å². The van der Waals surface area contributed by atoms with Gasteiger partial charge in [0.2, 0.25) is 0 Å². The molecule has 2 N–H and O–H groups in total. The number of nitrogens with two attached hydrogens (primary N) is 1. The molecule has 0 fully saturated rings. The van der Waals surface area contributed by atoms with Crippen molar-refractivity contribution in [2.24, 2.45) is 5.73 Å².